The summed E-state index contributed by atoms with van der Waals surface area (Å²) in [7, 11) is 0. The van der Waals surface area contributed by atoms with Crippen molar-refractivity contribution in [1.82, 2.24) is 0 Å². The molecule has 11 heavy (non-hydrogen) atoms. The first-order valence-electron chi connectivity index (χ1n) is 5.17. The lowest BCUT2D eigenvalue weighted by Crippen LogP contribution is -2.22. The van der Waals surface area contributed by atoms with Crippen LogP contribution in [0.15, 0.2) is 0 Å². The molecule has 0 aliphatic heterocycles. The van der Waals surface area contributed by atoms with Gasteiger partial charge in [0.05, 0.1) is 0 Å². The molecule has 0 rings (SSSR count). The maximum atomic E-state index is 2.45. The Morgan fingerprint density at radius 2 is 1.27 bits per heavy atom. The third-order valence-electron chi connectivity index (χ3n) is 3.22. The molecule has 0 aliphatic rings. The van der Waals surface area contributed by atoms with Crippen molar-refractivity contribution in [2.24, 2.45) is 0 Å². The minimum absolute atomic E-state index is 0.401. The van der Waals surface area contributed by atoms with Crippen molar-refractivity contribution in [1.29, 1.82) is 0 Å². The van der Waals surface area contributed by atoms with Crippen LogP contribution in [-0.2, 0) is 0 Å². The van der Waals surface area contributed by atoms with Gasteiger partial charge in [-0.25, -0.2) is 0 Å². The van der Waals surface area contributed by atoms with E-state index in [1.807, 2.05) is 0 Å². The molecule has 0 fully saturated rings. The smallest absolute Gasteiger partial charge is 0.0964 e. The Morgan fingerprint density at radius 3 is 1.45 bits per heavy atom. The van der Waals surface area contributed by atoms with E-state index in [4.69, 9.17) is 0 Å². The van der Waals surface area contributed by atoms with Gasteiger partial charge in [-0.15, -0.1) is 0 Å². The van der Waals surface area contributed by atoms with E-state index in [0.717, 1.165) is 9.56 Å². The Labute approximate surface area is 76.8 Å². The van der Waals surface area contributed by atoms with Crippen LogP contribution in [0, 0.1) is 0 Å². The van der Waals surface area contributed by atoms with Crippen LogP contribution in [0.3, 0.4) is 0 Å². The molecular formula is C10H23Al. The van der Waals surface area contributed by atoms with Gasteiger partial charge in [-0.2, -0.15) is 0 Å². The van der Waals surface area contributed by atoms with Crippen LogP contribution in [-0.4, -0.2) is 14.1 Å². The predicted octanol–water partition coefficient (Wildman–Crippen LogP) is 4.10. The second-order valence-electron chi connectivity index (χ2n) is 3.84. The molecule has 66 valence electrons. The quantitative estimate of drug-likeness (QED) is 0.545. The summed E-state index contributed by atoms with van der Waals surface area (Å²) in [5.74, 6) is 0. The summed E-state index contributed by atoms with van der Waals surface area (Å²) in [4.78, 5) is 0. The predicted molar refractivity (Wildman–Crippen MR) is 55.7 cm³/mol. The molecule has 0 nitrogen and oxygen atoms in total. The highest BCUT2D eigenvalue weighted by Crippen LogP contribution is 2.28. The lowest BCUT2D eigenvalue weighted by molar-refractivity contribution is 0.775. The highest BCUT2D eigenvalue weighted by Gasteiger charge is 2.25. The highest BCUT2D eigenvalue weighted by molar-refractivity contribution is 6.61. The molecule has 0 bridgehead atoms. The minimum atomic E-state index is -0.401. The fraction of sp³-hybridized carbons (Fsp3) is 1.00. The SMILES string of the molecule is CC[CH](C)[Al]([CH2]C)[CH](C)CC. The standard InChI is InChI=1S/2C4H9.C2H5.Al/c2*1-3-4-2;1-2;/h2*3H,4H2,1-2H3;1H2,2H3;. The molecule has 2 atom stereocenters. The van der Waals surface area contributed by atoms with Crippen LogP contribution in [0.1, 0.15) is 47.5 Å². The fourth-order valence-electron chi connectivity index (χ4n) is 1.97. The van der Waals surface area contributed by atoms with E-state index >= 15 is 0 Å². The van der Waals surface area contributed by atoms with Crippen LogP contribution >= 0.6 is 0 Å². The molecule has 1 heteroatoms. The Hall–Kier alpha value is 0.532. The monoisotopic (exact) mass is 170 g/mol. The molecule has 0 aliphatic carbocycles. The number of hydrogen-bond acceptors (Lipinski definition) is 0. The lowest BCUT2D eigenvalue weighted by atomic mass is 10.3. The van der Waals surface area contributed by atoms with Gasteiger partial charge in [-0.05, 0) is 0 Å². The third-order valence-corrected chi connectivity index (χ3v) is 8.03. The summed E-state index contributed by atoms with van der Waals surface area (Å²) in [6.45, 7) is 12.0. The van der Waals surface area contributed by atoms with Gasteiger partial charge in [0.15, 0.2) is 0 Å². The minimum Gasteiger partial charge on any atom is -0.0964 e. The molecule has 0 saturated carbocycles. The van der Waals surface area contributed by atoms with E-state index in [1.54, 1.807) is 0 Å². The first-order valence-corrected chi connectivity index (χ1v) is 7.32. The van der Waals surface area contributed by atoms with Gasteiger partial charge in [-0.3, -0.25) is 0 Å². The second-order valence-corrected chi connectivity index (χ2v) is 8.26. The molecule has 0 saturated heterocycles. The van der Waals surface area contributed by atoms with Gasteiger partial charge in [0.2, 0.25) is 0 Å². The Bertz CT molecular complexity index is 80.9. The average Bonchev–Trinajstić information content (AvgIpc) is 2.05. The second kappa shape index (κ2) is 6.09. The first-order chi connectivity index (χ1) is 5.17. The van der Waals surface area contributed by atoms with Gasteiger partial charge in [0.25, 0.3) is 14.1 Å². The van der Waals surface area contributed by atoms with Crippen molar-refractivity contribution in [3.63, 3.8) is 0 Å². The van der Waals surface area contributed by atoms with Crippen molar-refractivity contribution < 1.29 is 0 Å². The number of hydrogen-bond donors (Lipinski definition) is 0. The van der Waals surface area contributed by atoms with Gasteiger partial charge in [-0.1, -0.05) is 62.3 Å². The molecular weight excluding hydrogens is 147 g/mol. The van der Waals surface area contributed by atoms with Crippen LogP contribution in [0.2, 0.25) is 14.8 Å². The summed E-state index contributed by atoms with van der Waals surface area (Å²) in [5.41, 5.74) is 0. The summed E-state index contributed by atoms with van der Waals surface area (Å²) < 4.78 is 2.10. The Kier molecular flexibility index (Phi) is 6.39. The summed E-state index contributed by atoms with van der Waals surface area (Å²) >= 11 is -0.401. The van der Waals surface area contributed by atoms with Gasteiger partial charge < -0.3 is 0 Å². The molecule has 0 amide bonds. The van der Waals surface area contributed by atoms with Crippen molar-refractivity contribution in [3.8, 4) is 0 Å². The molecule has 0 aromatic carbocycles. The van der Waals surface area contributed by atoms with Crippen molar-refractivity contribution in [2.45, 2.75) is 62.3 Å². The summed E-state index contributed by atoms with van der Waals surface area (Å²) in [6.07, 6.45) is 2.80. The molecule has 0 aromatic heterocycles. The van der Waals surface area contributed by atoms with Crippen molar-refractivity contribution in [2.75, 3.05) is 0 Å². The van der Waals surface area contributed by atoms with Gasteiger partial charge >= 0.3 is 0 Å². The van der Waals surface area contributed by atoms with Crippen LogP contribution < -0.4 is 0 Å². The molecule has 0 radical (unpaired) electrons. The lowest BCUT2D eigenvalue weighted by Gasteiger charge is -2.21. The van der Waals surface area contributed by atoms with E-state index in [9.17, 15) is 0 Å². The van der Waals surface area contributed by atoms with Crippen LogP contribution in [0.4, 0.5) is 0 Å². The van der Waals surface area contributed by atoms with Crippen LogP contribution in [0.25, 0.3) is 0 Å². The van der Waals surface area contributed by atoms with Crippen molar-refractivity contribution in [3.05, 3.63) is 0 Å². The van der Waals surface area contributed by atoms with E-state index in [1.165, 1.54) is 18.1 Å². The van der Waals surface area contributed by atoms with Crippen LogP contribution in [0.5, 0.6) is 0 Å². The van der Waals surface area contributed by atoms with E-state index < -0.39 is 14.1 Å². The average molecular weight is 170 g/mol. The topological polar surface area (TPSA) is 0 Å². The zero-order chi connectivity index (χ0) is 8.85. The maximum Gasteiger partial charge on any atom is 0.267 e. The fourth-order valence-corrected chi connectivity index (χ4v) is 5.91. The van der Waals surface area contributed by atoms with Gasteiger partial charge in [0.1, 0.15) is 0 Å². The molecule has 0 N–H and O–H groups in total. The molecule has 2 unspecified atom stereocenters. The van der Waals surface area contributed by atoms with E-state index in [-0.39, 0.29) is 0 Å². The van der Waals surface area contributed by atoms with E-state index in [0.29, 0.717) is 0 Å². The first kappa shape index (κ1) is 11.5. The molecule has 0 heterocycles. The number of rotatable bonds is 5. The van der Waals surface area contributed by atoms with E-state index in [2.05, 4.69) is 34.6 Å². The molecule has 0 aromatic rings. The largest absolute Gasteiger partial charge is 0.267 e. The third kappa shape index (κ3) is 3.63. The Balaban J connectivity index is 3.92. The maximum absolute atomic E-state index is 2.45. The highest BCUT2D eigenvalue weighted by atomic mass is 27.2. The van der Waals surface area contributed by atoms with Crippen molar-refractivity contribution >= 4 is 14.1 Å². The van der Waals surface area contributed by atoms with Gasteiger partial charge in [0, 0.05) is 0 Å². The molecule has 0 spiro atoms. The normalized spacial score (nSPS) is 16.1. The summed E-state index contributed by atoms with van der Waals surface area (Å²) in [6, 6.07) is 0. The zero-order valence-electron chi connectivity index (χ0n) is 8.85. The zero-order valence-corrected chi connectivity index (χ0v) is 10.0. The Morgan fingerprint density at radius 1 is 0.909 bits per heavy atom. The summed E-state index contributed by atoms with van der Waals surface area (Å²) in [5, 5.41) is 1.49.